The molecule has 2 aliphatic rings. The summed E-state index contributed by atoms with van der Waals surface area (Å²) in [7, 11) is 1.65. The molecule has 1 aromatic rings. The predicted molar refractivity (Wildman–Crippen MR) is 90.9 cm³/mol. The highest BCUT2D eigenvalue weighted by Crippen LogP contribution is 2.59. The molecule has 5 heteroatoms. The van der Waals surface area contributed by atoms with E-state index in [1.165, 1.54) is 0 Å². The predicted octanol–water partition coefficient (Wildman–Crippen LogP) is 2.86. The van der Waals surface area contributed by atoms with Gasteiger partial charge in [0.25, 0.3) is 0 Å². The van der Waals surface area contributed by atoms with Gasteiger partial charge in [0.05, 0.1) is 7.11 Å². The number of nitrogens with zero attached hydrogens (tertiary/aromatic N) is 1. The minimum absolute atomic E-state index is 0. The lowest BCUT2D eigenvalue weighted by molar-refractivity contribution is -0.120. The summed E-state index contributed by atoms with van der Waals surface area (Å²) >= 11 is 0. The number of rotatable bonds is 4. The largest absolute Gasteiger partial charge is 0.497 e. The maximum absolute atomic E-state index is 12.9. The van der Waals surface area contributed by atoms with E-state index in [9.17, 15) is 4.79 Å². The molecule has 0 bridgehead atoms. The lowest BCUT2D eigenvalue weighted by Crippen LogP contribution is -2.36. The van der Waals surface area contributed by atoms with E-state index >= 15 is 0 Å². The van der Waals surface area contributed by atoms with Crippen LogP contribution in [0.5, 0.6) is 5.75 Å². The van der Waals surface area contributed by atoms with Crippen LogP contribution in [0.25, 0.3) is 0 Å². The Kier molecular flexibility index (Phi) is 5.35. The van der Waals surface area contributed by atoms with Gasteiger partial charge in [-0.2, -0.15) is 0 Å². The Bertz CT molecular complexity index is 529. The van der Waals surface area contributed by atoms with Gasteiger partial charge in [-0.25, -0.2) is 0 Å². The van der Waals surface area contributed by atoms with Crippen molar-refractivity contribution >= 4 is 24.0 Å². The van der Waals surface area contributed by atoms with E-state index in [2.05, 4.69) is 5.32 Å². The van der Waals surface area contributed by atoms with Crippen molar-refractivity contribution in [1.29, 1.82) is 0 Å². The molecule has 22 heavy (non-hydrogen) atoms. The molecule has 1 N–H and O–H groups in total. The van der Waals surface area contributed by atoms with E-state index in [0.717, 1.165) is 43.8 Å². The number of halogens is 1. The molecule has 1 amide bonds. The van der Waals surface area contributed by atoms with Crippen LogP contribution < -0.4 is 15.0 Å². The summed E-state index contributed by atoms with van der Waals surface area (Å²) in [6, 6.07) is 7.78. The number of carbonyl (C=O) groups is 1. The molecule has 1 spiro atoms. The Morgan fingerprint density at radius 3 is 2.77 bits per heavy atom. The van der Waals surface area contributed by atoms with Gasteiger partial charge in [0.1, 0.15) is 5.75 Å². The first-order chi connectivity index (χ1) is 10.2. The number of anilines is 1. The van der Waals surface area contributed by atoms with Gasteiger partial charge in [-0.1, -0.05) is 6.07 Å². The average Bonchev–Trinajstić information content (AvgIpc) is 3.22. The van der Waals surface area contributed by atoms with Gasteiger partial charge >= 0.3 is 0 Å². The zero-order valence-corrected chi connectivity index (χ0v) is 14.1. The molecule has 0 radical (unpaired) electrons. The lowest BCUT2D eigenvalue weighted by Gasteiger charge is -2.26. The topological polar surface area (TPSA) is 41.6 Å². The normalized spacial score (nSPS) is 21.8. The van der Waals surface area contributed by atoms with Gasteiger partial charge in [-0.3, -0.25) is 4.79 Å². The fraction of sp³-hybridized carbons (Fsp3) is 0.588. The van der Waals surface area contributed by atoms with Crippen LogP contribution in [-0.2, 0) is 4.79 Å². The summed E-state index contributed by atoms with van der Waals surface area (Å²) in [5.74, 6) is 1.30. The van der Waals surface area contributed by atoms with Crippen molar-refractivity contribution in [1.82, 2.24) is 5.32 Å². The van der Waals surface area contributed by atoms with Crippen LogP contribution in [0.3, 0.4) is 0 Å². The van der Waals surface area contributed by atoms with Crippen molar-refractivity contribution in [3.63, 3.8) is 0 Å². The van der Waals surface area contributed by atoms with Gasteiger partial charge in [0, 0.05) is 24.2 Å². The Morgan fingerprint density at radius 1 is 1.41 bits per heavy atom. The van der Waals surface area contributed by atoms with E-state index in [0.29, 0.717) is 6.54 Å². The third kappa shape index (κ3) is 3.08. The number of nitrogens with one attached hydrogen (secondary N) is 1. The summed E-state index contributed by atoms with van der Waals surface area (Å²) in [6.07, 6.45) is 3.34. The fourth-order valence-electron chi connectivity index (χ4n) is 3.61. The smallest absolute Gasteiger partial charge is 0.230 e. The van der Waals surface area contributed by atoms with Gasteiger partial charge in [-0.15, -0.1) is 12.4 Å². The molecule has 1 saturated heterocycles. The molecular formula is C17H25ClN2O2. The molecule has 2 fully saturated rings. The van der Waals surface area contributed by atoms with Crippen molar-refractivity contribution < 1.29 is 9.53 Å². The number of ether oxygens (including phenoxy) is 1. The van der Waals surface area contributed by atoms with Crippen molar-refractivity contribution in [3.8, 4) is 5.75 Å². The summed E-state index contributed by atoms with van der Waals surface area (Å²) in [4.78, 5) is 14.8. The highest BCUT2D eigenvalue weighted by Gasteiger charge is 2.58. The molecule has 1 atom stereocenters. The van der Waals surface area contributed by atoms with E-state index in [-0.39, 0.29) is 29.6 Å². The molecule has 0 aromatic heterocycles. The third-order valence-corrected chi connectivity index (χ3v) is 5.03. The van der Waals surface area contributed by atoms with Crippen LogP contribution in [-0.4, -0.2) is 32.7 Å². The minimum Gasteiger partial charge on any atom is -0.497 e. The Morgan fingerprint density at radius 2 is 2.14 bits per heavy atom. The first kappa shape index (κ1) is 17.1. The SMILES string of the molecule is CCN(C(=O)C1CC12CCNCC2)c1cccc(OC)c1.Cl. The first-order valence-corrected chi connectivity index (χ1v) is 7.86. The van der Waals surface area contributed by atoms with Gasteiger partial charge in [0.15, 0.2) is 0 Å². The quantitative estimate of drug-likeness (QED) is 0.926. The number of amides is 1. The summed E-state index contributed by atoms with van der Waals surface area (Å²) in [5.41, 5.74) is 1.23. The standard InChI is InChI=1S/C17H24N2O2.ClH/c1-3-19(13-5-4-6-14(11-13)21-2)16(20)15-12-17(15)7-9-18-10-8-17;/h4-6,11,15,18H,3,7-10,12H2,1-2H3;1H. The Balaban J connectivity index is 0.00000176. The van der Waals surface area contributed by atoms with E-state index in [4.69, 9.17) is 4.74 Å². The minimum atomic E-state index is 0. The van der Waals surface area contributed by atoms with Crippen LogP contribution in [0.4, 0.5) is 5.69 Å². The summed E-state index contributed by atoms with van der Waals surface area (Å²) in [6.45, 7) is 4.84. The van der Waals surface area contributed by atoms with Crippen LogP contribution >= 0.6 is 12.4 Å². The second-order valence-corrected chi connectivity index (χ2v) is 6.15. The second-order valence-electron chi connectivity index (χ2n) is 6.15. The molecule has 1 aliphatic carbocycles. The number of piperidine rings is 1. The number of hydrogen-bond acceptors (Lipinski definition) is 3. The van der Waals surface area contributed by atoms with Crippen LogP contribution in [0.1, 0.15) is 26.2 Å². The maximum atomic E-state index is 12.9. The van der Waals surface area contributed by atoms with Crippen molar-refractivity contribution in [2.75, 3.05) is 31.6 Å². The van der Waals surface area contributed by atoms with E-state index in [1.54, 1.807) is 7.11 Å². The molecule has 1 aromatic carbocycles. The highest BCUT2D eigenvalue weighted by atomic mass is 35.5. The zero-order valence-electron chi connectivity index (χ0n) is 13.3. The van der Waals surface area contributed by atoms with Crippen LogP contribution in [0, 0.1) is 11.3 Å². The maximum Gasteiger partial charge on any atom is 0.230 e. The molecule has 1 unspecified atom stereocenters. The van der Waals surface area contributed by atoms with Gasteiger partial charge in [0.2, 0.25) is 5.91 Å². The fourth-order valence-corrected chi connectivity index (χ4v) is 3.61. The van der Waals surface area contributed by atoms with Gasteiger partial charge < -0.3 is 15.0 Å². The Hall–Kier alpha value is -1.26. The van der Waals surface area contributed by atoms with Crippen molar-refractivity contribution in [2.45, 2.75) is 26.2 Å². The third-order valence-electron chi connectivity index (χ3n) is 5.03. The zero-order chi connectivity index (χ0) is 14.9. The molecule has 3 rings (SSSR count). The number of hydrogen-bond donors (Lipinski definition) is 1. The average molecular weight is 325 g/mol. The highest BCUT2D eigenvalue weighted by molar-refractivity contribution is 5.97. The summed E-state index contributed by atoms with van der Waals surface area (Å²) < 4.78 is 5.27. The Labute approximate surface area is 138 Å². The molecule has 1 saturated carbocycles. The van der Waals surface area contributed by atoms with E-state index < -0.39 is 0 Å². The van der Waals surface area contributed by atoms with Crippen molar-refractivity contribution in [3.05, 3.63) is 24.3 Å². The van der Waals surface area contributed by atoms with Crippen molar-refractivity contribution in [2.24, 2.45) is 11.3 Å². The van der Waals surface area contributed by atoms with Gasteiger partial charge in [-0.05, 0) is 56.8 Å². The molecule has 4 nitrogen and oxygen atoms in total. The number of benzene rings is 1. The molecule has 1 heterocycles. The lowest BCUT2D eigenvalue weighted by atomic mass is 9.91. The summed E-state index contributed by atoms with van der Waals surface area (Å²) in [5, 5.41) is 3.39. The van der Waals surface area contributed by atoms with Crippen LogP contribution in [0.2, 0.25) is 0 Å². The number of methoxy groups -OCH3 is 1. The van der Waals surface area contributed by atoms with Crippen LogP contribution in [0.15, 0.2) is 24.3 Å². The first-order valence-electron chi connectivity index (χ1n) is 7.86. The van der Waals surface area contributed by atoms with E-state index in [1.807, 2.05) is 36.1 Å². The molecular weight excluding hydrogens is 300 g/mol. The number of carbonyl (C=O) groups excluding carboxylic acids is 1. The second kappa shape index (κ2) is 6.88. The monoisotopic (exact) mass is 324 g/mol. The molecule has 122 valence electrons. The molecule has 1 aliphatic heterocycles.